The van der Waals surface area contributed by atoms with Gasteiger partial charge >= 0.3 is 0 Å². The molecule has 2 N–H and O–H groups in total. The van der Waals surface area contributed by atoms with Crippen LogP contribution in [0.15, 0.2) is 59.8 Å². The van der Waals surface area contributed by atoms with Gasteiger partial charge in [-0.25, -0.2) is 0 Å². The fourth-order valence-corrected chi connectivity index (χ4v) is 3.22. The summed E-state index contributed by atoms with van der Waals surface area (Å²) < 4.78 is 7.23. The Hall–Kier alpha value is -2.38. The van der Waals surface area contributed by atoms with Gasteiger partial charge in [0.25, 0.3) is 0 Å². The Bertz CT molecular complexity index is 761. The number of nitrogens with two attached hydrogens (primary N) is 1. The summed E-state index contributed by atoms with van der Waals surface area (Å²) in [7, 11) is 0. The second kappa shape index (κ2) is 9.19. The molecule has 0 aliphatic rings. The molecule has 0 bridgehead atoms. The second-order valence-electron chi connectivity index (χ2n) is 5.42. The molecule has 0 aliphatic heterocycles. The fraction of sp³-hybridized carbons (Fsp3) is 0.278. The van der Waals surface area contributed by atoms with Gasteiger partial charge in [-0.15, -0.1) is 5.10 Å². The Kier molecular flexibility index (Phi) is 6.42. The van der Waals surface area contributed by atoms with E-state index < -0.39 is 0 Å². The molecule has 1 heterocycles. The first-order valence-electron chi connectivity index (χ1n) is 8.37. The van der Waals surface area contributed by atoms with Crippen molar-refractivity contribution in [2.75, 3.05) is 18.9 Å². The van der Waals surface area contributed by atoms with Crippen molar-refractivity contribution in [1.29, 1.82) is 0 Å². The summed E-state index contributed by atoms with van der Waals surface area (Å²) in [5.41, 5.74) is 2.27. The number of ether oxygens (including phenoxy) is 1. The van der Waals surface area contributed by atoms with Crippen molar-refractivity contribution in [2.45, 2.75) is 18.6 Å². The molecule has 3 aromatic rings. The highest BCUT2D eigenvalue weighted by Gasteiger charge is 2.08. The van der Waals surface area contributed by atoms with E-state index in [2.05, 4.69) is 33.0 Å². The molecule has 0 unspecified atom stereocenters. The molecular weight excluding hydrogens is 334 g/mol. The summed E-state index contributed by atoms with van der Waals surface area (Å²) >= 11 is 1.67. The van der Waals surface area contributed by atoms with Gasteiger partial charge in [0.05, 0.1) is 24.6 Å². The standard InChI is InChI=1S/C18H21N5OS/c1-2-24-17-10-8-15(9-11-17)14-19-12-13-25-18-20-21-22-23(18)16-6-4-3-5-7-16/h3-11,19H,2,12-14H2,1H3/p+1. The predicted octanol–water partition coefficient (Wildman–Crippen LogP) is 1.92. The minimum atomic E-state index is 0.700. The molecule has 0 radical (unpaired) electrons. The van der Waals surface area contributed by atoms with Gasteiger partial charge in [0, 0.05) is 5.56 Å². The van der Waals surface area contributed by atoms with Gasteiger partial charge in [0.2, 0.25) is 5.16 Å². The van der Waals surface area contributed by atoms with Crippen LogP contribution in [0, 0.1) is 0 Å². The summed E-state index contributed by atoms with van der Waals surface area (Å²) in [6.07, 6.45) is 0. The van der Waals surface area contributed by atoms with Crippen LogP contribution in [0.4, 0.5) is 0 Å². The lowest BCUT2D eigenvalue weighted by atomic mass is 10.2. The molecule has 25 heavy (non-hydrogen) atoms. The zero-order chi connectivity index (χ0) is 17.3. The third kappa shape index (κ3) is 5.04. The van der Waals surface area contributed by atoms with Gasteiger partial charge in [-0.1, -0.05) is 30.0 Å². The maximum atomic E-state index is 5.46. The molecule has 130 valence electrons. The van der Waals surface area contributed by atoms with Gasteiger partial charge < -0.3 is 10.1 Å². The summed E-state index contributed by atoms with van der Waals surface area (Å²) in [5.74, 6) is 1.87. The monoisotopic (exact) mass is 356 g/mol. The predicted molar refractivity (Wildman–Crippen MR) is 98.0 cm³/mol. The summed E-state index contributed by atoms with van der Waals surface area (Å²) in [6, 6.07) is 18.2. The van der Waals surface area contributed by atoms with Crippen LogP contribution in [-0.2, 0) is 6.54 Å². The van der Waals surface area contributed by atoms with Crippen molar-refractivity contribution in [2.24, 2.45) is 0 Å². The quantitative estimate of drug-likeness (QED) is 0.469. The molecule has 0 saturated carbocycles. The van der Waals surface area contributed by atoms with Crippen molar-refractivity contribution < 1.29 is 10.1 Å². The van der Waals surface area contributed by atoms with Crippen LogP contribution >= 0.6 is 11.8 Å². The second-order valence-corrected chi connectivity index (χ2v) is 6.48. The summed E-state index contributed by atoms with van der Waals surface area (Å²) in [5, 5.41) is 15.1. The maximum absolute atomic E-state index is 5.46. The number of thioether (sulfide) groups is 1. The van der Waals surface area contributed by atoms with E-state index in [0.717, 1.165) is 35.4 Å². The van der Waals surface area contributed by atoms with E-state index in [1.54, 1.807) is 16.4 Å². The first-order chi connectivity index (χ1) is 12.4. The molecular formula is C18H22N5OS+. The number of para-hydroxylation sites is 1. The molecule has 1 aromatic heterocycles. The molecule has 2 aromatic carbocycles. The average molecular weight is 356 g/mol. The first kappa shape index (κ1) is 17.4. The van der Waals surface area contributed by atoms with Crippen LogP contribution in [0.2, 0.25) is 0 Å². The minimum Gasteiger partial charge on any atom is -0.494 e. The number of nitrogens with zero attached hydrogens (tertiary/aromatic N) is 4. The van der Waals surface area contributed by atoms with E-state index in [1.807, 2.05) is 49.4 Å². The van der Waals surface area contributed by atoms with Crippen molar-refractivity contribution >= 4 is 11.8 Å². The number of tetrazole rings is 1. The van der Waals surface area contributed by atoms with Gasteiger partial charge in [-0.05, 0) is 53.7 Å². The van der Waals surface area contributed by atoms with Crippen LogP contribution in [0.5, 0.6) is 5.75 Å². The molecule has 6 nitrogen and oxygen atoms in total. The van der Waals surface area contributed by atoms with Crippen LogP contribution in [0.25, 0.3) is 5.69 Å². The van der Waals surface area contributed by atoms with Crippen molar-refractivity contribution in [3.05, 3.63) is 60.2 Å². The average Bonchev–Trinajstić information content (AvgIpc) is 3.12. The number of hydrogen-bond donors (Lipinski definition) is 1. The molecule has 0 amide bonds. The number of benzene rings is 2. The first-order valence-corrected chi connectivity index (χ1v) is 9.35. The largest absolute Gasteiger partial charge is 0.494 e. The number of quaternary nitrogens is 1. The van der Waals surface area contributed by atoms with E-state index in [-0.39, 0.29) is 0 Å². The highest BCUT2D eigenvalue weighted by Crippen LogP contribution is 2.17. The highest BCUT2D eigenvalue weighted by atomic mass is 32.2. The third-order valence-electron chi connectivity index (χ3n) is 3.61. The normalized spacial score (nSPS) is 10.8. The van der Waals surface area contributed by atoms with E-state index in [4.69, 9.17) is 4.74 Å². The zero-order valence-corrected chi connectivity index (χ0v) is 15.0. The van der Waals surface area contributed by atoms with E-state index >= 15 is 0 Å². The van der Waals surface area contributed by atoms with Gasteiger partial charge in [0.1, 0.15) is 12.3 Å². The van der Waals surface area contributed by atoms with Crippen LogP contribution in [0.3, 0.4) is 0 Å². The van der Waals surface area contributed by atoms with Crippen LogP contribution in [0.1, 0.15) is 12.5 Å². The molecule has 7 heteroatoms. The molecule has 0 aliphatic carbocycles. The molecule has 0 spiro atoms. The number of rotatable bonds is 9. The highest BCUT2D eigenvalue weighted by molar-refractivity contribution is 7.99. The lowest BCUT2D eigenvalue weighted by molar-refractivity contribution is -0.666. The molecule has 3 rings (SSSR count). The van der Waals surface area contributed by atoms with E-state index in [0.29, 0.717) is 6.61 Å². The summed E-state index contributed by atoms with van der Waals surface area (Å²) in [4.78, 5) is 0. The third-order valence-corrected chi connectivity index (χ3v) is 4.56. The van der Waals surface area contributed by atoms with E-state index in [1.165, 1.54) is 5.56 Å². The topological polar surface area (TPSA) is 69.4 Å². The Morgan fingerprint density at radius 3 is 2.64 bits per heavy atom. The minimum absolute atomic E-state index is 0.700. The number of aromatic nitrogens is 4. The van der Waals surface area contributed by atoms with Crippen molar-refractivity contribution in [3.63, 3.8) is 0 Å². The summed E-state index contributed by atoms with van der Waals surface area (Å²) in [6.45, 7) is 4.65. The van der Waals surface area contributed by atoms with Crippen molar-refractivity contribution in [1.82, 2.24) is 20.2 Å². The molecule has 0 fully saturated rings. The fourth-order valence-electron chi connectivity index (χ4n) is 2.39. The Morgan fingerprint density at radius 2 is 1.88 bits per heavy atom. The molecule has 0 atom stereocenters. The lowest BCUT2D eigenvalue weighted by Gasteiger charge is -2.05. The lowest BCUT2D eigenvalue weighted by Crippen LogP contribution is -2.83. The SMILES string of the molecule is CCOc1ccc(C[NH2+]CCSc2nnnn2-c2ccccc2)cc1. The van der Waals surface area contributed by atoms with Crippen molar-refractivity contribution in [3.8, 4) is 11.4 Å². The maximum Gasteiger partial charge on any atom is 0.214 e. The Balaban J connectivity index is 1.43. The van der Waals surface area contributed by atoms with Crippen LogP contribution < -0.4 is 10.1 Å². The van der Waals surface area contributed by atoms with Gasteiger partial charge in [0.15, 0.2) is 0 Å². The van der Waals surface area contributed by atoms with Crippen LogP contribution in [-0.4, -0.2) is 39.1 Å². The smallest absolute Gasteiger partial charge is 0.214 e. The van der Waals surface area contributed by atoms with E-state index in [9.17, 15) is 0 Å². The Morgan fingerprint density at radius 1 is 1.08 bits per heavy atom. The molecule has 0 saturated heterocycles. The van der Waals surface area contributed by atoms with Gasteiger partial charge in [-0.2, -0.15) is 4.68 Å². The zero-order valence-electron chi connectivity index (χ0n) is 14.2. The Labute approximate surface area is 151 Å². The number of hydrogen-bond acceptors (Lipinski definition) is 5. The van der Waals surface area contributed by atoms with Gasteiger partial charge in [-0.3, -0.25) is 0 Å².